The Morgan fingerprint density at radius 1 is 0.789 bits per heavy atom. The molecule has 0 saturated carbocycles. The van der Waals surface area contributed by atoms with Crippen LogP contribution in [0.4, 0.5) is 0 Å². The molecule has 104 valence electrons. The molecule has 2 unspecified atom stereocenters. The van der Waals surface area contributed by atoms with Crippen molar-refractivity contribution in [2.45, 2.75) is 41.5 Å². The molecule has 0 fully saturated rings. The third-order valence-corrected chi connectivity index (χ3v) is 8.83. The van der Waals surface area contributed by atoms with Gasteiger partial charge in [-0.1, -0.05) is 0 Å². The van der Waals surface area contributed by atoms with Gasteiger partial charge in [0.15, 0.2) is 0 Å². The first-order valence-corrected chi connectivity index (χ1v) is 11.0. The Bertz CT molecular complexity index is 433. The van der Waals surface area contributed by atoms with Gasteiger partial charge in [0.25, 0.3) is 0 Å². The zero-order valence-electron chi connectivity index (χ0n) is 15.7. The van der Waals surface area contributed by atoms with Crippen LogP contribution in [0.3, 0.4) is 0 Å². The summed E-state index contributed by atoms with van der Waals surface area (Å²) in [6.07, 6.45) is 6.88. The molecule has 0 heterocycles. The van der Waals surface area contributed by atoms with Gasteiger partial charge in [0, 0.05) is 0 Å². The quantitative estimate of drug-likeness (QED) is 0.422. The summed E-state index contributed by atoms with van der Waals surface area (Å²) in [5.74, 6) is 1.21. The summed E-state index contributed by atoms with van der Waals surface area (Å²) >= 11 is 1.65. The summed E-state index contributed by atoms with van der Waals surface area (Å²) in [4.78, 5) is 0. The Morgan fingerprint density at radius 2 is 1.05 bits per heavy atom. The van der Waals surface area contributed by atoms with E-state index in [9.17, 15) is 0 Å². The van der Waals surface area contributed by atoms with Crippen LogP contribution in [0.2, 0.25) is 0 Å². The van der Waals surface area contributed by atoms with Gasteiger partial charge < -0.3 is 2.85 Å². The van der Waals surface area contributed by atoms with Crippen molar-refractivity contribution in [1.82, 2.24) is 0 Å². The van der Waals surface area contributed by atoms with E-state index < -0.39 is 0 Å². The van der Waals surface area contributed by atoms with E-state index in [1.807, 2.05) is 0 Å². The van der Waals surface area contributed by atoms with E-state index in [1.54, 1.807) is 0 Å². The Kier molecular flexibility index (Phi) is 8.59. The Balaban J connectivity index is -0.000000270. The van der Waals surface area contributed by atoms with Crippen LogP contribution >= 0.6 is 0 Å². The molecular weight excluding hydrogens is 385 g/mol. The summed E-state index contributed by atoms with van der Waals surface area (Å²) < 4.78 is 3.04. The molecule has 0 N–H and O–H groups in total. The molecule has 0 aromatic heterocycles. The molecule has 2 atom stereocenters. The predicted molar refractivity (Wildman–Crippen MR) is 90.7 cm³/mol. The van der Waals surface area contributed by atoms with E-state index in [-0.39, 0.29) is 24.6 Å². The number of hydrogen-bond acceptors (Lipinski definition) is 0. The molecule has 0 aromatic carbocycles. The largest absolute Gasteiger partial charge is 4.00 e. The van der Waals surface area contributed by atoms with Crippen LogP contribution < -0.4 is 0 Å². The molecule has 2 aliphatic rings. The Labute approximate surface area is 153 Å². The fourth-order valence-corrected chi connectivity index (χ4v) is 5.80. The second-order valence-electron chi connectivity index (χ2n) is 5.60. The zero-order valence-corrected chi connectivity index (χ0v) is 23.6. The van der Waals surface area contributed by atoms with Gasteiger partial charge in [-0.3, -0.25) is 0 Å². The molecule has 0 spiro atoms. The van der Waals surface area contributed by atoms with Gasteiger partial charge in [-0.2, -0.15) is 0 Å². The minimum absolute atomic E-state index is 0. The van der Waals surface area contributed by atoms with E-state index in [1.165, 1.54) is 31.1 Å². The molecule has 2 rings (SSSR count). The predicted octanol–water partition coefficient (Wildman–Crippen LogP) is 2.27. The van der Waals surface area contributed by atoms with E-state index in [4.69, 9.17) is 0 Å². The van der Waals surface area contributed by atoms with Crippen LogP contribution in [0, 0.1) is 24.0 Å². The van der Waals surface area contributed by atoms with E-state index in [0.717, 1.165) is 33.0 Å². The van der Waals surface area contributed by atoms with E-state index in [2.05, 4.69) is 53.7 Å². The zero-order chi connectivity index (χ0) is 14.0. The number of allylic oxidation sites excluding steroid dienone is 8. The smallest absolute Gasteiger partial charge is 1.00 e. The fourth-order valence-electron chi connectivity index (χ4n) is 2.32. The maximum Gasteiger partial charge on any atom is 4.00 e. The molecule has 3 heteroatoms. The Morgan fingerprint density at radius 3 is 1.11 bits per heavy atom. The molecule has 0 amide bonds. The van der Waals surface area contributed by atoms with Crippen LogP contribution in [0.15, 0.2) is 31.1 Å². The monoisotopic (exact) mass is 416 g/mol. The summed E-state index contributed by atoms with van der Waals surface area (Å²) in [7, 11) is 0. The minimum atomic E-state index is 0. The second kappa shape index (κ2) is 8.26. The molecule has 0 aliphatic heterocycles. The maximum absolute atomic E-state index is 3.44. The van der Waals surface area contributed by atoms with Gasteiger partial charge in [0.2, 0.25) is 0 Å². The van der Waals surface area contributed by atoms with Gasteiger partial charge in [-0.25, -0.2) is 0 Å². The van der Waals surface area contributed by atoms with Crippen LogP contribution in [-0.2, 0) is 21.7 Å². The summed E-state index contributed by atoms with van der Waals surface area (Å²) in [5.41, 5.74) is 6.08. The van der Waals surface area contributed by atoms with E-state index >= 15 is 0 Å². The van der Waals surface area contributed by atoms with Gasteiger partial charge in [-0.15, -0.1) is 0 Å². The first-order valence-electron chi connectivity index (χ1n) is 6.81. The Hall–Kier alpha value is 0.760. The topological polar surface area (TPSA) is 0 Å². The van der Waals surface area contributed by atoms with Gasteiger partial charge in [0.1, 0.15) is 0 Å². The summed E-state index contributed by atoms with van der Waals surface area (Å²) in [6, 6.07) is 0. The molecule has 2 aliphatic carbocycles. The number of rotatable bonds is 0. The van der Waals surface area contributed by atoms with E-state index in [0.29, 0.717) is 11.8 Å². The van der Waals surface area contributed by atoms with Crippen molar-refractivity contribution in [2.24, 2.45) is 11.8 Å². The molecule has 0 saturated heterocycles. The first-order chi connectivity index (χ1) is 8.25. The molecule has 19 heavy (non-hydrogen) atoms. The van der Waals surface area contributed by atoms with Crippen molar-refractivity contribution in [3.8, 4) is 0 Å². The van der Waals surface area contributed by atoms with Gasteiger partial charge in [-0.05, 0) is 0 Å². The van der Waals surface area contributed by atoms with Crippen molar-refractivity contribution >= 4 is 33.0 Å². The van der Waals surface area contributed by atoms with Crippen LogP contribution in [0.5, 0.6) is 0 Å². The van der Waals surface area contributed by atoms with Crippen molar-refractivity contribution in [3.05, 3.63) is 43.3 Å². The minimum Gasteiger partial charge on any atom is -1.00 e. The molecule has 0 bridgehead atoms. The molecule has 0 radical (unpaired) electrons. The first kappa shape index (κ1) is 19.8. The van der Waals surface area contributed by atoms with Gasteiger partial charge in [0.05, 0.1) is 0 Å². The van der Waals surface area contributed by atoms with Gasteiger partial charge >= 0.3 is 151 Å². The van der Waals surface area contributed by atoms with Crippen LogP contribution in [-0.4, -0.2) is 33.0 Å². The van der Waals surface area contributed by atoms with Crippen molar-refractivity contribution in [3.63, 3.8) is 0 Å². The normalized spacial score (nSPS) is 26.0. The number of hydrogen-bond donors (Lipinski definition) is 0. The fraction of sp³-hybridized carbons (Fsp3) is 0.500. The molecule has 0 nitrogen and oxygen atoms in total. The average Bonchev–Trinajstić information content (AvgIpc) is 2.66. The second-order valence-corrected chi connectivity index (χ2v) is 9.79. The van der Waals surface area contributed by atoms with Crippen molar-refractivity contribution in [2.75, 3.05) is 0 Å². The van der Waals surface area contributed by atoms with Crippen molar-refractivity contribution in [1.29, 1.82) is 0 Å². The molecule has 0 aromatic rings. The van der Waals surface area contributed by atoms with Crippen LogP contribution in [0.1, 0.15) is 44.4 Å². The standard InChI is InChI=1S/2C8H13Ge.Ti.2H/c2*1-5-4-8(9)7(3)6(5)2;;;/h2*5H,1-3,9H3;;;/q2*-1;+4;2*-1. The van der Waals surface area contributed by atoms with Crippen LogP contribution in [0.25, 0.3) is 0 Å². The maximum atomic E-state index is 3.44. The summed E-state index contributed by atoms with van der Waals surface area (Å²) in [6.45, 7) is 13.3. The summed E-state index contributed by atoms with van der Waals surface area (Å²) in [5, 5.41) is 0. The third kappa shape index (κ3) is 4.91. The van der Waals surface area contributed by atoms with Crippen molar-refractivity contribution < 1.29 is 24.6 Å². The average molecular weight is 413 g/mol. The third-order valence-electron chi connectivity index (χ3n) is 4.47. The molecular formula is C16H28Ge2Ti. The SMILES string of the molecule is CC1=C(C)C(C)[C-]=[C]1[GeH3].CC1=C(C)C(C)[C-]=[C]1[GeH3].[H-].[H-].[Ti+4].